The maximum Gasteiger partial charge on any atom is 0.236 e. The predicted molar refractivity (Wildman–Crippen MR) is 90.8 cm³/mol. The van der Waals surface area contributed by atoms with Crippen molar-refractivity contribution in [1.82, 2.24) is 9.80 Å². The summed E-state index contributed by atoms with van der Waals surface area (Å²) in [4.78, 5) is 17.1. The molecular weight excluding hydrogens is 292 g/mol. The minimum atomic E-state index is -0.557. The Morgan fingerprint density at radius 2 is 1.78 bits per heavy atom. The second-order valence-electron chi connectivity index (χ2n) is 6.75. The van der Waals surface area contributed by atoms with Gasteiger partial charge < -0.3 is 19.3 Å². The molecule has 1 saturated heterocycles. The first kappa shape index (κ1) is 17.9. The van der Waals surface area contributed by atoms with Gasteiger partial charge in [0.25, 0.3) is 0 Å². The molecule has 0 aromatic rings. The molecule has 1 amide bonds. The van der Waals surface area contributed by atoms with Gasteiger partial charge in [0.2, 0.25) is 5.91 Å². The molecule has 0 aromatic carbocycles. The van der Waals surface area contributed by atoms with E-state index in [9.17, 15) is 4.79 Å². The zero-order valence-corrected chi connectivity index (χ0v) is 14.9. The van der Waals surface area contributed by atoms with Crippen molar-refractivity contribution in [2.24, 2.45) is 5.41 Å². The standard InChI is InChI=1S/C18H30N2O3/c1-19(2)9-6-5-7-10-20-11-8-18(17(20)21)13-15(22-3)12-16(14-18)23-4/h13-14H,5-12H2,1-4H3. The van der Waals surface area contributed by atoms with Gasteiger partial charge >= 0.3 is 0 Å². The van der Waals surface area contributed by atoms with Crippen molar-refractivity contribution in [3.05, 3.63) is 23.7 Å². The summed E-state index contributed by atoms with van der Waals surface area (Å²) in [5.74, 6) is 1.84. The molecule has 2 rings (SSSR count). The second-order valence-corrected chi connectivity index (χ2v) is 6.75. The lowest BCUT2D eigenvalue weighted by Crippen LogP contribution is -2.34. The minimum Gasteiger partial charge on any atom is -0.501 e. The quantitative estimate of drug-likeness (QED) is 0.644. The third kappa shape index (κ3) is 4.28. The molecule has 0 atom stereocenters. The minimum absolute atomic E-state index is 0.189. The lowest BCUT2D eigenvalue weighted by Gasteiger charge is -2.27. The van der Waals surface area contributed by atoms with Crippen molar-refractivity contribution in [3.63, 3.8) is 0 Å². The van der Waals surface area contributed by atoms with Crippen LogP contribution < -0.4 is 0 Å². The first-order valence-corrected chi connectivity index (χ1v) is 8.46. The molecule has 2 aliphatic rings. The second kappa shape index (κ2) is 7.86. The van der Waals surface area contributed by atoms with Gasteiger partial charge in [-0.05, 0) is 52.1 Å². The van der Waals surface area contributed by atoms with Crippen LogP contribution in [0.4, 0.5) is 0 Å². The summed E-state index contributed by atoms with van der Waals surface area (Å²) >= 11 is 0. The summed E-state index contributed by atoms with van der Waals surface area (Å²) in [5, 5.41) is 0. The maximum absolute atomic E-state index is 12.9. The molecule has 0 saturated carbocycles. The van der Waals surface area contributed by atoms with Crippen LogP contribution in [0.2, 0.25) is 0 Å². The highest BCUT2D eigenvalue weighted by Gasteiger charge is 2.45. The SMILES string of the molecule is COC1=CC2(C=C(OC)C1)CCN(CCCCCN(C)C)C2=O. The molecule has 23 heavy (non-hydrogen) atoms. The van der Waals surface area contributed by atoms with Crippen LogP contribution in [-0.2, 0) is 14.3 Å². The third-order valence-corrected chi connectivity index (χ3v) is 4.72. The molecule has 1 aliphatic heterocycles. The summed E-state index contributed by atoms with van der Waals surface area (Å²) in [5.41, 5.74) is -0.557. The molecule has 1 heterocycles. The topological polar surface area (TPSA) is 42.0 Å². The van der Waals surface area contributed by atoms with Gasteiger partial charge in [0, 0.05) is 13.1 Å². The summed E-state index contributed by atoms with van der Waals surface area (Å²) in [6.07, 6.45) is 8.83. The van der Waals surface area contributed by atoms with Crippen LogP contribution in [0.5, 0.6) is 0 Å². The molecule has 1 aliphatic carbocycles. The fourth-order valence-electron chi connectivity index (χ4n) is 3.36. The molecule has 0 bridgehead atoms. The Balaban J connectivity index is 1.93. The number of unbranched alkanes of at least 4 members (excludes halogenated alkanes) is 2. The highest BCUT2D eigenvalue weighted by atomic mass is 16.5. The van der Waals surface area contributed by atoms with Gasteiger partial charge in [0.05, 0.1) is 26.1 Å². The van der Waals surface area contributed by atoms with E-state index >= 15 is 0 Å². The molecule has 5 nitrogen and oxygen atoms in total. The maximum atomic E-state index is 12.9. The smallest absolute Gasteiger partial charge is 0.236 e. The zero-order valence-electron chi connectivity index (χ0n) is 14.9. The number of carbonyl (C=O) groups is 1. The zero-order chi connectivity index (χ0) is 16.9. The summed E-state index contributed by atoms with van der Waals surface area (Å²) < 4.78 is 10.8. The van der Waals surface area contributed by atoms with E-state index in [4.69, 9.17) is 9.47 Å². The van der Waals surface area contributed by atoms with E-state index in [-0.39, 0.29) is 5.91 Å². The van der Waals surface area contributed by atoms with Crippen molar-refractivity contribution in [1.29, 1.82) is 0 Å². The van der Waals surface area contributed by atoms with Crippen LogP contribution in [0.15, 0.2) is 23.7 Å². The van der Waals surface area contributed by atoms with E-state index in [1.54, 1.807) is 14.2 Å². The molecule has 1 spiro atoms. The summed E-state index contributed by atoms with van der Waals surface area (Å²) in [7, 11) is 7.49. The highest BCUT2D eigenvalue weighted by Crippen LogP contribution is 2.41. The number of methoxy groups -OCH3 is 2. The average Bonchev–Trinajstić information content (AvgIpc) is 2.82. The van der Waals surface area contributed by atoms with E-state index in [0.717, 1.165) is 50.4 Å². The normalized spacial score (nSPS) is 20.0. The Labute approximate surface area is 139 Å². The van der Waals surface area contributed by atoms with Crippen molar-refractivity contribution in [3.8, 4) is 0 Å². The molecule has 130 valence electrons. The van der Waals surface area contributed by atoms with Crippen LogP contribution in [-0.4, -0.2) is 63.7 Å². The lowest BCUT2D eigenvalue weighted by atomic mass is 9.81. The number of ether oxygens (including phenoxy) is 2. The number of nitrogens with zero attached hydrogens (tertiary/aromatic N) is 2. The van der Waals surface area contributed by atoms with Crippen molar-refractivity contribution in [2.75, 3.05) is 47.9 Å². The van der Waals surface area contributed by atoms with Crippen molar-refractivity contribution < 1.29 is 14.3 Å². The Kier molecular flexibility index (Phi) is 6.10. The molecule has 5 heteroatoms. The molecular formula is C18H30N2O3. The molecule has 1 fully saturated rings. The number of amides is 1. The predicted octanol–water partition coefficient (Wildman–Crippen LogP) is 2.40. The number of carbonyl (C=O) groups excluding carboxylic acids is 1. The van der Waals surface area contributed by atoms with E-state index in [1.807, 2.05) is 17.1 Å². The van der Waals surface area contributed by atoms with Gasteiger partial charge in [-0.1, -0.05) is 6.42 Å². The van der Waals surface area contributed by atoms with E-state index < -0.39 is 5.41 Å². The number of hydrogen-bond acceptors (Lipinski definition) is 4. The number of rotatable bonds is 8. The van der Waals surface area contributed by atoms with Crippen molar-refractivity contribution >= 4 is 5.91 Å². The van der Waals surface area contributed by atoms with Gasteiger partial charge in [-0.25, -0.2) is 0 Å². The third-order valence-electron chi connectivity index (χ3n) is 4.72. The Bertz CT molecular complexity index is 463. The van der Waals surface area contributed by atoms with Crippen LogP contribution in [0.1, 0.15) is 32.1 Å². The van der Waals surface area contributed by atoms with Crippen LogP contribution in [0.3, 0.4) is 0 Å². The summed E-state index contributed by atoms with van der Waals surface area (Å²) in [6, 6.07) is 0. The van der Waals surface area contributed by atoms with Gasteiger partial charge in [0.15, 0.2) is 0 Å². The average molecular weight is 322 g/mol. The first-order valence-electron chi connectivity index (χ1n) is 8.46. The largest absolute Gasteiger partial charge is 0.501 e. The van der Waals surface area contributed by atoms with Crippen LogP contribution in [0, 0.1) is 5.41 Å². The molecule has 0 unspecified atom stereocenters. The molecule has 0 N–H and O–H groups in total. The lowest BCUT2D eigenvalue weighted by molar-refractivity contribution is -0.132. The van der Waals surface area contributed by atoms with E-state index in [2.05, 4.69) is 19.0 Å². The fourth-order valence-corrected chi connectivity index (χ4v) is 3.36. The number of hydrogen-bond donors (Lipinski definition) is 0. The van der Waals surface area contributed by atoms with Crippen LogP contribution >= 0.6 is 0 Å². The first-order chi connectivity index (χ1) is 11.0. The summed E-state index contributed by atoms with van der Waals surface area (Å²) in [6.45, 7) is 2.77. The highest BCUT2D eigenvalue weighted by molar-refractivity contribution is 5.89. The molecule has 0 radical (unpaired) electrons. The Morgan fingerprint density at radius 1 is 1.13 bits per heavy atom. The van der Waals surface area contributed by atoms with Gasteiger partial charge in [-0.15, -0.1) is 0 Å². The molecule has 0 aromatic heterocycles. The van der Waals surface area contributed by atoms with Gasteiger partial charge in [-0.3, -0.25) is 4.79 Å². The number of likely N-dealkylation sites (tertiary alicyclic amines) is 1. The monoisotopic (exact) mass is 322 g/mol. The van der Waals surface area contributed by atoms with Crippen LogP contribution in [0.25, 0.3) is 0 Å². The van der Waals surface area contributed by atoms with E-state index in [1.165, 1.54) is 6.42 Å². The fraction of sp³-hybridized carbons (Fsp3) is 0.722. The van der Waals surface area contributed by atoms with Gasteiger partial charge in [-0.2, -0.15) is 0 Å². The van der Waals surface area contributed by atoms with E-state index in [0.29, 0.717) is 6.42 Å². The van der Waals surface area contributed by atoms with Gasteiger partial charge in [0.1, 0.15) is 11.5 Å². The Hall–Kier alpha value is -1.49. The van der Waals surface area contributed by atoms with Crippen molar-refractivity contribution in [2.45, 2.75) is 32.1 Å². The Morgan fingerprint density at radius 3 is 2.35 bits per heavy atom.